The van der Waals surface area contributed by atoms with Crippen molar-refractivity contribution < 1.29 is 23.7 Å². The van der Waals surface area contributed by atoms with Crippen LogP contribution in [0.15, 0.2) is 42.5 Å². The molecule has 0 unspecified atom stereocenters. The number of carbonyl (C=O) groups is 1. The molecule has 0 aromatic heterocycles. The Bertz CT molecular complexity index is 464. The van der Waals surface area contributed by atoms with E-state index in [0.29, 0.717) is 58.4 Å². The predicted octanol–water partition coefficient (Wildman–Crippen LogP) is 1.81. The zero-order valence-corrected chi connectivity index (χ0v) is 14.3. The van der Waals surface area contributed by atoms with Crippen LogP contribution in [0.1, 0.15) is 6.92 Å². The van der Waals surface area contributed by atoms with E-state index in [0.717, 1.165) is 5.75 Å². The maximum Gasteiger partial charge on any atom is 0.246 e. The lowest BCUT2D eigenvalue weighted by atomic mass is 10.3. The van der Waals surface area contributed by atoms with Crippen molar-refractivity contribution in [3.05, 3.63) is 42.5 Å². The number of nitrogens with one attached hydrogen (secondary N) is 1. The van der Waals surface area contributed by atoms with Crippen molar-refractivity contribution in [1.82, 2.24) is 5.32 Å². The SMILES string of the molecule is C=C(C)C(=O)NCCOCCOCCOCCOc1ccccc1. The lowest BCUT2D eigenvalue weighted by Gasteiger charge is -2.08. The summed E-state index contributed by atoms with van der Waals surface area (Å²) in [5.41, 5.74) is 0.493. The molecule has 0 saturated carbocycles. The average molecular weight is 337 g/mol. The Morgan fingerprint density at radius 2 is 1.46 bits per heavy atom. The minimum Gasteiger partial charge on any atom is -0.491 e. The van der Waals surface area contributed by atoms with Gasteiger partial charge in [0.05, 0.1) is 39.6 Å². The lowest BCUT2D eigenvalue weighted by molar-refractivity contribution is -0.117. The Morgan fingerprint density at radius 1 is 0.917 bits per heavy atom. The van der Waals surface area contributed by atoms with Gasteiger partial charge in [0.25, 0.3) is 0 Å². The minimum atomic E-state index is -0.150. The molecule has 0 saturated heterocycles. The largest absolute Gasteiger partial charge is 0.491 e. The molecule has 0 aliphatic heterocycles. The van der Waals surface area contributed by atoms with Gasteiger partial charge >= 0.3 is 0 Å². The molecular formula is C18H27NO5. The Balaban J connectivity index is 1.78. The molecule has 1 aromatic carbocycles. The summed E-state index contributed by atoms with van der Waals surface area (Å²) in [5, 5.41) is 2.69. The fourth-order valence-electron chi connectivity index (χ4n) is 1.66. The molecule has 0 bridgehead atoms. The van der Waals surface area contributed by atoms with E-state index in [4.69, 9.17) is 18.9 Å². The fraction of sp³-hybridized carbons (Fsp3) is 0.500. The van der Waals surface area contributed by atoms with E-state index >= 15 is 0 Å². The number of rotatable bonds is 14. The van der Waals surface area contributed by atoms with E-state index < -0.39 is 0 Å². The molecule has 0 atom stereocenters. The summed E-state index contributed by atoms with van der Waals surface area (Å²) in [6.45, 7) is 9.20. The highest BCUT2D eigenvalue weighted by atomic mass is 16.6. The molecule has 24 heavy (non-hydrogen) atoms. The second-order valence-corrected chi connectivity index (χ2v) is 5.03. The molecule has 0 fully saturated rings. The first kappa shape index (κ1) is 20.2. The van der Waals surface area contributed by atoms with E-state index in [2.05, 4.69) is 11.9 Å². The molecule has 6 nitrogen and oxygen atoms in total. The fourth-order valence-corrected chi connectivity index (χ4v) is 1.66. The maximum atomic E-state index is 11.2. The zero-order chi connectivity index (χ0) is 17.5. The summed E-state index contributed by atoms with van der Waals surface area (Å²) >= 11 is 0. The van der Waals surface area contributed by atoms with Gasteiger partial charge in [0.1, 0.15) is 12.4 Å². The van der Waals surface area contributed by atoms with Crippen molar-refractivity contribution in [2.75, 3.05) is 52.8 Å². The molecule has 134 valence electrons. The van der Waals surface area contributed by atoms with E-state index in [-0.39, 0.29) is 5.91 Å². The third-order valence-corrected chi connectivity index (χ3v) is 2.90. The van der Waals surface area contributed by atoms with Crippen molar-refractivity contribution in [1.29, 1.82) is 0 Å². The number of para-hydroxylation sites is 1. The molecule has 1 aromatic rings. The molecule has 0 aliphatic rings. The first-order valence-corrected chi connectivity index (χ1v) is 8.05. The summed E-state index contributed by atoms with van der Waals surface area (Å²) in [5.74, 6) is 0.692. The Morgan fingerprint density at radius 3 is 2.04 bits per heavy atom. The van der Waals surface area contributed by atoms with Crippen LogP contribution in [0.25, 0.3) is 0 Å². The van der Waals surface area contributed by atoms with Gasteiger partial charge in [0.15, 0.2) is 0 Å². The van der Waals surface area contributed by atoms with E-state index in [1.54, 1.807) is 6.92 Å². The van der Waals surface area contributed by atoms with Gasteiger partial charge in [-0.2, -0.15) is 0 Å². The third-order valence-electron chi connectivity index (χ3n) is 2.90. The van der Waals surface area contributed by atoms with Gasteiger partial charge in [-0.3, -0.25) is 4.79 Å². The summed E-state index contributed by atoms with van der Waals surface area (Å²) < 4.78 is 21.6. The van der Waals surface area contributed by atoms with Gasteiger partial charge in [0.2, 0.25) is 5.91 Å². The number of benzene rings is 1. The molecule has 1 rings (SSSR count). The molecule has 0 heterocycles. The van der Waals surface area contributed by atoms with E-state index in [9.17, 15) is 4.79 Å². The molecular weight excluding hydrogens is 310 g/mol. The zero-order valence-electron chi connectivity index (χ0n) is 14.3. The van der Waals surface area contributed by atoms with Crippen molar-refractivity contribution in [3.63, 3.8) is 0 Å². The molecule has 1 amide bonds. The molecule has 0 spiro atoms. The average Bonchev–Trinajstić information content (AvgIpc) is 2.59. The monoisotopic (exact) mass is 337 g/mol. The van der Waals surface area contributed by atoms with Gasteiger partial charge < -0.3 is 24.3 Å². The second-order valence-electron chi connectivity index (χ2n) is 5.03. The summed E-state index contributed by atoms with van der Waals surface area (Å²) in [4.78, 5) is 11.2. The van der Waals surface area contributed by atoms with Crippen molar-refractivity contribution in [2.24, 2.45) is 0 Å². The van der Waals surface area contributed by atoms with Crippen LogP contribution >= 0.6 is 0 Å². The van der Waals surface area contributed by atoms with Gasteiger partial charge in [-0.15, -0.1) is 0 Å². The number of hydrogen-bond acceptors (Lipinski definition) is 5. The van der Waals surface area contributed by atoms with Crippen LogP contribution in [0.2, 0.25) is 0 Å². The highest BCUT2D eigenvalue weighted by Crippen LogP contribution is 2.07. The van der Waals surface area contributed by atoms with Crippen LogP contribution in [-0.4, -0.2) is 58.7 Å². The third kappa shape index (κ3) is 10.8. The molecule has 0 aliphatic carbocycles. The number of amides is 1. The first-order chi connectivity index (χ1) is 11.7. The summed E-state index contributed by atoms with van der Waals surface area (Å²) in [6, 6.07) is 9.63. The Labute approximate surface area is 143 Å². The smallest absolute Gasteiger partial charge is 0.246 e. The predicted molar refractivity (Wildman–Crippen MR) is 92.2 cm³/mol. The van der Waals surface area contributed by atoms with E-state index in [1.165, 1.54) is 0 Å². The molecule has 1 N–H and O–H groups in total. The summed E-state index contributed by atoms with van der Waals surface area (Å²) in [6.07, 6.45) is 0. The number of ether oxygens (including phenoxy) is 4. The van der Waals surface area contributed by atoms with Crippen LogP contribution < -0.4 is 10.1 Å². The van der Waals surface area contributed by atoms with Crippen LogP contribution in [0.5, 0.6) is 5.75 Å². The van der Waals surface area contributed by atoms with Gasteiger partial charge in [-0.25, -0.2) is 0 Å². The van der Waals surface area contributed by atoms with E-state index in [1.807, 2.05) is 30.3 Å². The minimum absolute atomic E-state index is 0.150. The quantitative estimate of drug-likeness (QED) is 0.414. The van der Waals surface area contributed by atoms with Crippen molar-refractivity contribution >= 4 is 5.91 Å². The summed E-state index contributed by atoms with van der Waals surface area (Å²) in [7, 11) is 0. The normalized spacial score (nSPS) is 10.4. The highest BCUT2D eigenvalue weighted by Gasteiger charge is 1.99. The van der Waals surface area contributed by atoms with Crippen LogP contribution in [0.4, 0.5) is 0 Å². The lowest BCUT2D eigenvalue weighted by Crippen LogP contribution is -2.27. The molecule has 6 heteroatoms. The Kier molecular flexibility index (Phi) is 11.4. The number of hydrogen-bond donors (Lipinski definition) is 1. The van der Waals surface area contributed by atoms with Crippen molar-refractivity contribution in [3.8, 4) is 5.75 Å². The van der Waals surface area contributed by atoms with Gasteiger partial charge in [0, 0.05) is 12.1 Å². The topological polar surface area (TPSA) is 66.0 Å². The highest BCUT2D eigenvalue weighted by molar-refractivity contribution is 5.91. The number of carbonyl (C=O) groups excluding carboxylic acids is 1. The van der Waals surface area contributed by atoms with Crippen LogP contribution in [0, 0.1) is 0 Å². The maximum absolute atomic E-state index is 11.2. The van der Waals surface area contributed by atoms with Crippen molar-refractivity contribution in [2.45, 2.75) is 6.92 Å². The van der Waals surface area contributed by atoms with Crippen LogP contribution in [0.3, 0.4) is 0 Å². The first-order valence-electron chi connectivity index (χ1n) is 8.05. The second kappa shape index (κ2) is 13.5. The molecule has 0 radical (unpaired) electrons. The van der Waals surface area contributed by atoms with Crippen LogP contribution in [-0.2, 0) is 19.0 Å². The van der Waals surface area contributed by atoms with Gasteiger partial charge in [-0.1, -0.05) is 24.8 Å². The van der Waals surface area contributed by atoms with Gasteiger partial charge in [-0.05, 0) is 19.1 Å². The standard InChI is InChI=1S/C18H27NO5/c1-16(2)18(20)19-8-9-21-10-11-22-12-13-23-14-15-24-17-6-4-3-5-7-17/h3-7H,1,8-15H2,2H3,(H,19,20). The Hall–Kier alpha value is -1.89.